The van der Waals surface area contributed by atoms with Crippen LogP contribution in [0.4, 0.5) is 0 Å². The highest BCUT2D eigenvalue weighted by molar-refractivity contribution is 5.82. The molecule has 0 atom stereocenters. The fourth-order valence-corrected chi connectivity index (χ4v) is 3.50. The largest absolute Gasteiger partial charge is 0.256 e. The van der Waals surface area contributed by atoms with E-state index in [1.165, 1.54) is 33.2 Å². The quantitative estimate of drug-likeness (QED) is 0.312. The summed E-state index contributed by atoms with van der Waals surface area (Å²) in [5.74, 6) is 0. The van der Waals surface area contributed by atoms with Crippen LogP contribution in [0.25, 0.3) is 22.0 Å². The van der Waals surface area contributed by atoms with Gasteiger partial charge in [0.2, 0.25) is 0 Å². The highest BCUT2D eigenvalue weighted by Gasteiger charge is 2.02. The van der Waals surface area contributed by atoms with Gasteiger partial charge in [0.25, 0.3) is 0 Å². The summed E-state index contributed by atoms with van der Waals surface area (Å²) in [6, 6.07) is 39.9. The zero-order chi connectivity index (χ0) is 20.6. The van der Waals surface area contributed by atoms with Crippen molar-refractivity contribution in [2.75, 3.05) is 0 Å². The topological polar surface area (TPSA) is 12.9 Å². The Balaban J connectivity index is 0.000000158. The average Bonchev–Trinajstić information content (AvgIpc) is 2.82. The minimum Gasteiger partial charge on any atom is -0.256 e. The lowest BCUT2D eigenvalue weighted by atomic mass is 10.0. The number of hydrogen-bond acceptors (Lipinski definition) is 1. The maximum atomic E-state index is 4.40. The van der Waals surface area contributed by atoms with Crippen molar-refractivity contribution in [2.24, 2.45) is 0 Å². The lowest BCUT2D eigenvalue weighted by Crippen LogP contribution is -1.91. The molecule has 5 aromatic rings. The van der Waals surface area contributed by atoms with E-state index in [2.05, 4.69) is 109 Å². The Labute approximate surface area is 178 Å². The molecule has 0 radical (unpaired) electrons. The molecule has 0 saturated carbocycles. The second-order valence-electron chi connectivity index (χ2n) is 7.38. The molecular weight excluding hydrogens is 362 g/mol. The highest BCUT2D eigenvalue weighted by Crippen LogP contribution is 2.20. The number of rotatable bonds is 3. The van der Waals surface area contributed by atoms with Gasteiger partial charge in [0, 0.05) is 11.6 Å². The highest BCUT2D eigenvalue weighted by atomic mass is 14.6. The molecule has 1 heteroatoms. The number of pyridine rings is 1. The number of nitrogens with zero attached hydrogens (tertiary/aromatic N) is 1. The maximum Gasteiger partial charge on any atom is 0.0704 e. The van der Waals surface area contributed by atoms with E-state index in [1.54, 1.807) is 0 Å². The molecule has 5 rings (SSSR count). The molecule has 1 nitrogen and oxygen atoms in total. The molecule has 30 heavy (non-hydrogen) atoms. The molecule has 0 bridgehead atoms. The maximum absolute atomic E-state index is 4.40. The number of hydrogen-bond donors (Lipinski definition) is 0. The first kappa shape index (κ1) is 19.6. The van der Waals surface area contributed by atoms with Crippen LogP contribution in [0.1, 0.15) is 16.7 Å². The number of aromatic nitrogens is 1. The summed E-state index contributed by atoms with van der Waals surface area (Å²) in [5.41, 5.74) is 7.61. The van der Waals surface area contributed by atoms with Gasteiger partial charge < -0.3 is 0 Å². The van der Waals surface area contributed by atoms with Crippen molar-refractivity contribution in [3.05, 3.63) is 138 Å². The van der Waals surface area contributed by atoms with Crippen LogP contribution in [0.3, 0.4) is 0 Å². The Morgan fingerprint density at radius 2 is 1.13 bits per heavy atom. The predicted octanol–water partition coefficient (Wildman–Crippen LogP) is 7.49. The first-order valence-corrected chi connectivity index (χ1v) is 10.3. The molecule has 1 aromatic heterocycles. The summed E-state index contributed by atoms with van der Waals surface area (Å²) in [6.07, 6.45) is 2.86. The number of fused-ring (bicyclic) bond motifs is 1. The lowest BCUT2D eigenvalue weighted by molar-refractivity contribution is 1.19. The summed E-state index contributed by atoms with van der Waals surface area (Å²) in [7, 11) is 0. The fourth-order valence-electron chi connectivity index (χ4n) is 3.50. The minimum absolute atomic E-state index is 0.962. The van der Waals surface area contributed by atoms with Crippen molar-refractivity contribution in [1.29, 1.82) is 0 Å². The Bertz CT molecular complexity index is 1150. The van der Waals surface area contributed by atoms with Crippen molar-refractivity contribution < 1.29 is 0 Å². The van der Waals surface area contributed by atoms with Crippen molar-refractivity contribution in [3.8, 4) is 11.1 Å². The third-order valence-electron chi connectivity index (χ3n) is 5.14. The van der Waals surface area contributed by atoms with Crippen LogP contribution in [0.2, 0.25) is 0 Å². The summed E-state index contributed by atoms with van der Waals surface area (Å²) < 4.78 is 0. The molecule has 4 aromatic carbocycles. The summed E-state index contributed by atoms with van der Waals surface area (Å²) in [5, 5.41) is 1.25. The van der Waals surface area contributed by atoms with Crippen LogP contribution in [0.15, 0.2) is 121 Å². The normalized spacial score (nSPS) is 10.3. The van der Waals surface area contributed by atoms with Crippen molar-refractivity contribution in [3.63, 3.8) is 0 Å². The number of para-hydroxylation sites is 1. The van der Waals surface area contributed by atoms with Crippen molar-refractivity contribution in [1.82, 2.24) is 4.98 Å². The van der Waals surface area contributed by atoms with Crippen LogP contribution < -0.4 is 0 Å². The van der Waals surface area contributed by atoms with E-state index in [9.17, 15) is 0 Å². The van der Waals surface area contributed by atoms with Gasteiger partial charge in [-0.15, -0.1) is 0 Å². The summed E-state index contributed by atoms with van der Waals surface area (Å²) in [6.45, 7) is 2.12. The van der Waals surface area contributed by atoms with Crippen LogP contribution in [-0.2, 0) is 6.42 Å². The third-order valence-corrected chi connectivity index (χ3v) is 5.14. The van der Waals surface area contributed by atoms with Gasteiger partial charge in [0.1, 0.15) is 0 Å². The van der Waals surface area contributed by atoms with Gasteiger partial charge in [0.15, 0.2) is 0 Å². The molecule has 0 aliphatic carbocycles. The Morgan fingerprint density at radius 1 is 0.567 bits per heavy atom. The summed E-state index contributed by atoms with van der Waals surface area (Å²) in [4.78, 5) is 4.40. The van der Waals surface area contributed by atoms with Gasteiger partial charge in [-0.1, -0.05) is 109 Å². The molecule has 146 valence electrons. The standard InChI is InChI=1S/C17H15N.C12H10/c1-13-6-8-14(9-7-13)12-15-10-11-18-17-5-3-2-4-16(15)17;1-3-7-11(8-4-1)12-9-5-2-6-10-12/h2-11H,12H2,1H3;1-10H. The zero-order valence-electron chi connectivity index (χ0n) is 17.2. The second kappa shape index (κ2) is 9.67. The molecule has 0 unspecified atom stereocenters. The van der Waals surface area contributed by atoms with Crippen molar-refractivity contribution in [2.45, 2.75) is 13.3 Å². The van der Waals surface area contributed by atoms with E-state index in [4.69, 9.17) is 0 Å². The smallest absolute Gasteiger partial charge is 0.0704 e. The van der Waals surface area contributed by atoms with Gasteiger partial charge in [-0.05, 0) is 47.7 Å². The number of aryl methyl sites for hydroxylation is 1. The number of benzene rings is 4. The van der Waals surface area contributed by atoms with Crippen LogP contribution in [-0.4, -0.2) is 4.98 Å². The van der Waals surface area contributed by atoms with E-state index < -0.39 is 0 Å². The average molecular weight is 388 g/mol. The van der Waals surface area contributed by atoms with Gasteiger partial charge in [-0.2, -0.15) is 0 Å². The molecule has 0 amide bonds. The lowest BCUT2D eigenvalue weighted by Gasteiger charge is -2.06. The Morgan fingerprint density at radius 3 is 1.77 bits per heavy atom. The van der Waals surface area contributed by atoms with Crippen LogP contribution in [0.5, 0.6) is 0 Å². The van der Waals surface area contributed by atoms with E-state index in [1.807, 2.05) is 24.4 Å². The van der Waals surface area contributed by atoms with Gasteiger partial charge in [0.05, 0.1) is 5.52 Å². The van der Waals surface area contributed by atoms with Gasteiger partial charge in [-0.25, -0.2) is 0 Å². The van der Waals surface area contributed by atoms with Crippen molar-refractivity contribution >= 4 is 10.9 Å². The molecule has 0 saturated heterocycles. The van der Waals surface area contributed by atoms with E-state index in [-0.39, 0.29) is 0 Å². The minimum atomic E-state index is 0.962. The van der Waals surface area contributed by atoms with E-state index in [0.29, 0.717) is 0 Å². The van der Waals surface area contributed by atoms with Crippen LogP contribution in [0, 0.1) is 6.92 Å². The molecule has 0 aliphatic heterocycles. The molecule has 0 N–H and O–H groups in total. The fraction of sp³-hybridized carbons (Fsp3) is 0.0690. The predicted molar refractivity (Wildman–Crippen MR) is 128 cm³/mol. The molecular formula is C29H25N. The zero-order valence-corrected chi connectivity index (χ0v) is 17.2. The second-order valence-corrected chi connectivity index (χ2v) is 7.38. The SMILES string of the molecule is Cc1ccc(Cc2ccnc3ccccc23)cc1.c1ccc(-c2ccccc2)cc1. The monoisotopic (exact) mass is 387 g/mol. The summed E-state index contributed by atoms with van der Waals surface area (Å²) >= 11 is 0. The first-order chi connectivity index (χ1) is 14.8. The molecule has 0 spiro atoms. The Hall–Kier alpha value is -3.71. The van der Waals surface area contributed by atoms with Gasteiger partial charge >= 0.3 is 0 Å². The van der Waals surface area contributed by atoms with Gasteiger partial charge in [-0.3, -0.25) is 4.98 Å². The Kier molecular flexibility index (Phi) is 6.31. The molecule has 1 heterocycles. The van der Waals surface area contributed by atoms with Crippen LogP contribution >= 0.6 is 0 Å². The molecule has 0 fully saturated rings. The first-order valence-electron chi connectivity index (χ1n) is 10.3. The van der Waals surface area contributed by atoms with E-state index >= 15 is 0 Å². The molecule has 0 aliphatic rings. The third kappa shape index (κ3) is 5.01. The van der Waals surface area contributed by atoms with E-state index in [0.717, 1.165) is 11.9 Å².